The van der Waals surface area contributed by atoms with Gasteiger partial charge in [0.2, 0.25) is 6.54 Å². The third-order valence-electron chi connectivity index (χ3n) is 5.61. The maximum absolute atomic E-state index is 12.6. The Bertz CT molecular complexity index is 926. The van der Waals surface area contributed by atoms with Crippen molar-refractivity contribution < 1.29 is 9.26 Å². The second-order valence-corrected chi connectivity index (χ2v) is 10.7. The van der Waals surface area contributed by atoms with Crippen LogP contribution in [0, 0.1) is 6.57 Å². The van der Waals surface area contributed by atoms with Crippen molar-refractivity contribution in [2.75, 3.05) is 12.7 Å². The summed E-state index contributed by atoms with van der Waals surface area (Å²) in [6, 6.07) is 0.633. The number of nitrogens with zero attached hydrogens (tertiary/aromatic N) is 3. The molecule has 1 fully saturated rings. The molecule has 0 aromatic carbocycles. The number of nitrogens with one attached hydrogen (secondary N) is 1. The number of hydrogen-bond donors (Lipinski definition) is 1. The molecule has 0 aliphatic carbocycles. The second kappa shape index (κ2) is 13.2. The van der Waals surface area contributed by atoms with Gasteiger partial charge in [-0.15, -0.1) is 0 Å². The van der Waals surface area contributed by atoms with Gasteiger partial charge in [-0.05, 0) is 40.5 Å². The third-order valence-corrected chi connectivity index (χ3v) is 8.27. The van der Waals surface area contributed by atoms with Gasteiger partial charge in [-0.2, -0.15) is 0 Å². The molecule has 1 aliphatic rings. The monoisotopic (exact) mass is 478 g/mol. The predicted octanol–water partition coefficient (Wildman–Crippen LogP) is 4.78. The number of allylic oxidation sites excluding steroid dienone is 1. The Labute approximate surface area is 198 Å². The summed E-state index contributed by atoms with van der Waals surface area (Å²) < 4.78 is 16.9. The summed E-state index contributed by atoms with van der Waals surface area (Å²) in [5, 5.41) is 0. The molecule has 2 heterocycles. The van der Waals surface area contributed by atoms with E-state index >= 15 is 0 Å². The number of aromatic nitrogens is 2. The van der Waals surface area contributed by atoms with Gasteiger partial charge in [-0.25, -0.2) is 11.4 Å². The first-order valence-corrected chi connectivity index (χ1v) is 13.4. The van der Waals surface area contributed by atoms with Crippen LogP contribution in [0.2, 0.25) is 0 Å². The minimum absolute atomic E-state index is 0.143. The van der Waals surface area contributed by atoms with Crippen molar-refractivity contribution >= 4 is 14.4 Å². The van der Waals surface area contributed by atoms with Crippen molar-refractivity contribution in [2.24, 2.45) is 0 Å². The highest BCUT2D eigenvalue weighted by molar-refractivity contribution is 7.50. The minimum atomic E-state index is -0.919. The van der Waals surface area contributed by atoms with Crippen LogP contribution in [0.15, 0.2) is 21.9 Å². The Kier molecular flexibility index (Phi) is 11.0. The highest BCUT2D eigenvalue weighted by Gasteiger charge is 2.39. The number of rotatable bonds is 12. The lowest BCUT2D eigenvalue weighted by atomic mass is 10.1. The Balaban J connectivity index is 2.29. The largest absolute Gasteiger partial charge is 0.352 e. The maximum Gasteiger partial charge on any atom is 0.330 e. The van der Waals surface area contributed by atoms with Crippen molar-refractivity contribution in [3.8, 4) is 0 Å². The molecule has 1 saturated heterocycles. The van der Waals surface area contributed by atoms with Gasteiger partial charge in [-0.1, -0.05) is 26.0 Å². The lowest BCUT2D eigenvalue weighted by molar-refractivity contribution is -0.0178. The topological polar surface area (TPSA) is 80.9 Å². The molecule has 2 rings (SSSR count). The Hall–Kier alpha value is -1.78. The summed E-state index contributed by atoms with van der Waals surface area (Å²) in [6.07, 6.45) is 8.12. The van der Waals surface area contributed by atoms with Crippen LogP contribution in [-0.4, -0.2) is 51.2 Å². The third kappa shape index (κ3) is 7.35. The smallest absolute Gasteiger partial charge is 0.330 e. The zero-order valence-corrected chi connectivity index (χ0v) is 21.7. The average Bonchev–Trinajstić information content (AvgIpc) is 3.15. The normalized spacial score (nSPS) is 22.0. The number of aromatic amines is 1. The van der Waals surface area contributed by atoms with E-state index in [1.54, 1.807) is 12.3 Å². The first-order valence-electron chi connectivity index (χ1n) is 12.0. The molecule has 1 N–H and O–H groups in total. The van der Waals surface area contributed by atoms with E-state index in [0.29, 0.717) is 30.6 Å². The Morgan fingerprint density at radius 3 is 2.61 bits per heavy atom. The van der Waals surface area contributed by atoms with E-state index in [4.69, 9.17) is 15.8 Å². The number of hydrogen-bond acceptors (Lipinski definition) is 5. The molecule has 1 aromatic heterocycles. The molecule has 9 heteroatoms. The van der Waals surface area contributed by atoms with Crippen LogP contribution in [0.5, 0.6) is 0 Å². The SMILES string of the molecule is [C-]#[N+]CCCP(OC1C[C@H](n2cc(/C=C/CC)c(=O)[nH]c2=O)O[C@@H]1CC)N(C(C)C)C(C)C. The average molecular weight is 479 g/mol. The van der Waals surface area contributed by atoms with Crippen LogP contribution in [-0.2, 0) is 9.26 Å². The molecule has 8 nitrogen and oxygen atoms in total. The van der Waals surface area contributed by atoms with Gasteiger partial charge < -0.3 is 14.1 Å². The summed E-state index contributed by atoms with van der Waals surface area (Å²) in [5.41, 5.74) is -0.435. The Morgan fingerprint density at radius 2 is 2.03 bits per heavy atom. The fourth-order valence-corrected chi connectivity index (χ4v) is 6.62. The molecule has 4 atom stereocenters. The van der Waals surface area contributed by atoms with Crippen LogP contribution < -0.4 is 11.2 Å². The van der Waals surface area contributed by atoms with Crippen LogP contribution in [0.1, 0.15) is 79.0 Å². The highest BCUT2D eigenvalue weighted by atomic mass is 31.2. The minimum Gasteiger partial charge on any atom is -0.352 e. The van der Waals surface area contributed by atoms with Crippen molar-refractivity contribution in [1.29, 1.82) is 0 Å². The zero-order chi connectivity index (χ0) is 24.5. The lowest BCUT2D eigenvalue weighted by Gasteiger charge is -2.38. The van der Waals surface area contributed by atoms with Gasteiger partial charge in [0.05, 0.1) is 17.8 Å². The van der Waals surface area contributed by atoms with Crippen LogP contribution in [0.4, 0.5) is 0 Å². The molecule has 0 spiro atoms. The molecule has 0 bridgehead atoms. The second-order valence-electron chi connectivity index (χ2n) is 8.86. The quantitative estimate of drug-likeness (QED) is 0.266. The van der Waals surface area contributed by atoms with E-state index < -0.39 is 25.8 Å². The van der Waals surface area contributed by atoms with E-state index in [2.05, 4.69) is 49.1 Å². The van der Waals surface area contributed by atoms with Crippen LogP contribution >= 0.6 is 8.30 Å². The summed E-state index contributed by atoms with van der Waals surface area (Å²) >= 11 is 0. The lowest BCUT2D eigenvalue weighted by Crippen LogP contribution is -2.36. The summed E-state index contributed by atoms with van der Waals surface area (Å²) in [7, 11) is -0.919. The number of H-pyrrole nitrogens is 1. The van der Waals surface area contributed by atoms with Crippen molar-refractivity contribution in [3.63, 3.8) is 0 Å². The van der Waals surface area contributed by atoms with Crippen LogP contribution in [0.25, 0.3) is 10.9 Å². The molecule has 2 unspecified atom stereocenters. The molecule has 33 heavy (non-hydrogen) atoms. The van der Waals surface area contributed by atoms with Crippen LogP contribution in [0.3, 0.4) is 0 Å². The zero-order valence-electron chi connectivity index (χ0n) is 20.8. The molecular formula is C24H39N4O4P. The van der Waals surface area contributed by atoms with Gasteiger partial charge in [0.1, 0.15) is 14.5 Å². The summed E-state index contributed by atoms with van der Waals surface area (Å²) in [6.45, 7) is 20.3. The molecule has 1 aromatic rings. The first-order chi connectivity index (χ1) is 15.7. The van der Waals surface area contributed by atoms with E-state index in [1.807, 2.05) is 13.0 Å². The molecule has 0 saturated carbocycles. The predicted molar refractivity (Wildman–Crippen MR) is 134 cm³/mol. The van der Waals surface area contributed by atoms with Gasteiger partial charge in [-0.3, -0.25) is 19.0 Å². The fourth-order valence-electron chi connectivity index (χ4n) is 4.20. The van der Waals surface area contributed by atoms with Gasteiger partial charge in [0, 0.05) is 37.3 Å². The summed E-state index contributed by atoms with van der Waals surface area (Å²) in [4.78, 5) is 30.6. The van der Waals surface area contributed by atoms with E-state index in [0.717, 1.165) is 25.4 Å². The van der Waals surface area contributed by atoms with Gasteiger partial charge in [0.15, 0.2) is 0 Å². The van der Waals surface area contributed by atoms with Crippen molar-refractivity contribution in [3.05, 3.63) is 50.1 Å². The van der Waals surface area contributed by atoms with E-state index in [1.165, 1.54) is 4.57 Å². The molecule has 0 radical (unpaired) electrons. The van der Waals surface area contributed by atoms with E-state index in [9.17, 15) is 9.59 Å². The van der Waals surface area contributed by atoms with Crippen molar-refractivity contribution in [1.82, 2.24) is 14.2 Å². The van der Waals surface area contributed by atoms with Gasteiger partial charge in [0.25, 0.3) is 5.56 Å². The first kappa shape index (κ1) is 27.5. The fraction of sp³-hybridized carbons (Fsp3) is 0.708. The highest BCUT2D eigenvalue weighted by Crippen LogP contribution is 2.49. The van der Waals surface area contributed by atoms with Crippen molar-refractivity contribution in [2.45, 2.75) is 97.7 Å². The van der Waals surface area contributed by atoms with Gasteiger partial charge >= 0.3 is 5.69 Å². The maximum atomic E-state index is 12.6. The Morgan fingerprint density at radius 1 is 1.33 bits per heavy atom. The summed E-state index contributed by atoms with van der Waals surface area (Å²) in [5.74, 6) is 0. The standard InChI is InChI=1S/C24H39N4O4P/c1-8-10-12-19-16-27(24(30)26-23(19)29)22-15-21(20(9-2)31-22)32-33(14-11-13-25-7)28(17(3)4)18(5)6/h10,12,16-18,20-22H,8-9,11,13-15H2,1-6H3,(H,26,29,30)/b12-10+/t20-,21?,22-,33?/m1/s1. The molecule has 1 aliphatic heterocycles. The van der Waals surface area contributed by atoms with E-state index in [-0.39, 0.29) is 12.2 Å². The molecule has 0 amide bonds. The molecule has 184 valence electrons. The molecular weight excluding hydrogens is 439 g/mol. The number of ether oxygens (including phenoxy) is 1.